The molecule has 0 bridgehead atoms. The molecule has 0 aliphatic heterocycles. The molecule has 0 aliphatic carbocycles. The lowest BCUT2D eigenvalue weighted by atomic mass is 10.0. The fraction of sp³-hybridized carbons (Fsp3) is 0.136. The molecule has 0 saturated carbocycles. The number of halogens is 1. The van der Waals surface area contributed by atoms with Crippen LogP contribution in [0.5, 0.6) is 0 Å². The molecule has 2 N–H and O–H groups in total. The van der Waals surface area contributed by atoms with Gasteiger partial charge in [0.15, 0.2) is 6.10 Å². The lowest BCUT2D eigenvalue weighted by Crippen LogP contribution is -2.35. The maximum atomic E-state index is 12.6. The molecule has 26 heavy (non-hydrogen) atoms. The van der Waals surface area contributed by atoms with E-state index in [1.54, 1.807) is 0 Å². The number of rotatable bonds is 6. The van der Waals surface area contributed by atoms with Gasteiger partial charge in [0.2, 0.25) is 0 Å². The van der Waals surface area contributed by atoms with Crippen LogP contribution in [0.4, 0.5) is 0 Å². The van der Waals surface area contributed by atoms with E-state index in [-0.39, 0.29) is 12.4 Å². The van der Waals surface area contributed by atoms with Crippen molar-refractivity contribution < 1.29 is 9.53 Å². The smallest absolute Gasteiger partial charge is 0.324 e. The Hall–Kier alpha value is -2.62. The first kappa shape index (κ1) is 19.7. The SMILES string of the molecule is Cl.NC(Cc1ccccc1)C(=O)OC(c1ccccc1)c1ccccc1. The van der Waals surface area contributed by atoms with Crippen LogP contribution in [0.3, 0.4) is 0 Å². The minimum Gasteiger partial charge on any atom is -0.451 e. The Bertz CT molecular complexity index is 755. The van der Waals surface area contributed by atoms with Gasteiger partial charge in [0, 0.05) is 0 Å². The van der Waals surface area contributed by atoms with Crippen molar-refractivity contribution in [2.75, 3.05) is 0 Å². The number of carbonyl (C=O) groups excluding carboxylic acids is 1. The highest BCUT2D eigenvalue weighted by atomic mass is 35.5. The molecule has 1 unspecified atom stereocenters. The molecule has 0 aromatic heterocycles. The number of hydrogen-bond donors (Lipinski definition) is 1. The van der Waals surface area contributed by atoms with E-state index in [9.17, 15) is 4.79 Å². The van der Waals surface area contributed by atoms with Crippen LogP contribution in [-0.4, -0.2) is 12.0 Å². The number of nitrogens with two attached hydrogens (primary N) is 1. The first-order valence-electron chi connectivity index (χ1n) is 8.34. The molecule has 3 rings (SSSR count). The molecule has 134 valence electrons. The third kappa shape index (κ3) is 5.19. The van der Waals surface area contributed by atoms with Crippen LogP contribution in [0.25, 0.3) is 0 Å². The molecule has 0 aliphatic rings. The van der Waals surface area contributed by atoms with E-state index in [0.717, 1.165) is 16.7 Å². The molecule has 0 spiro atoms. The molecule has 3 aromatic carbocycles. The summed E-state index contributed by atoms with van der Waals surface area (Å²) >= 11 is 0. The van der Waals surface area contributed by atoms with Gasteiger partial charge < -0.3 is 10.5 Å². The summed E-state index contributed by atoms with van der Waals surface area (Å²) < 4.78 is 5.79. The third-order valence-corrected chi connectivity index (χ3v) is 4.04. The summed E-state index contributed by atoms with van der Waals surface area (Å²) in [6.07, 6.45) is -0.00703. The summed E-state index contributed by atoms with van der Waals surface area (Å²) in [6, 6.07) is 28.4. The summed E-state index contributed by atoms with van der Waals surface area (Å²) in [5.41, 5.74) is 8.95. The second-order valence-electron chi connectivity index (χ2n) is 5.93. The first-order valence-corrected chi connectivity index (χ1v) is 8.34. The van der Waals surface area contributed by atoms with Crippen LogP contribution in [0.15, 0.2) is 91.0 Å². The van der Waals surface area contributed by atoms with Gasteiger partial charge in [0.1, 0.15) is 6.04 Å². The predicted molar refractivity (Wildman–Crippen MR) is 106 cm³/mol. The Kier molecular flexibility index (Phi) is 7.39. The number of benzene rings is 3. The largest absolute Gasteiger partial charge is 0.451 e. The van der Waals surface area contributed by atoms with Gasteiger partial charge in [-0.15, -0.1) is 12.4 Å². The summed E-state index contributed by atoms with van der Waals surface area (Å²) in [6.45, 7) is 0. The first-order chi connectivity index (χ1) is 12.2. The predicted octanol–water partition coefficient (Wildman–Crippen LogP) is 4.31. The van der Waals surface area contributed by atoms with E-state index >= 15 is 0 Å². The zero-order valence-electron chi connectivity index (χ0n) is 14.3. The van der Waals surface area contributed by atoms with Crippen molar-refractivity contribution in [3.05, 3.63) is 108 Å². The molecular formula is C22H22ClNO2. The lowest BCUT2D eigenvalue weighted by Gasteiger charge is -2.21. The van der Waals surface area contributed by atoms with Gasteiger partial charge in [-0.25, -0.2) is 0 Å². The molecule has 1 atom stereocenters. The molecule has 0 heterocycles. The van der Waals surface area contributed by atoms with Crippen molar-refractivity contribution in [2.24, 2.45) is 5.73 Å². The summed E-state index contributed by atoms with van der Waals surface area (Å²) in [5.74, 6) is -0.401. The van der Waals surface area contributed by atoms with Crippen LogP contribution in [0.2, 0.25) is 0 Å². The van der Waals surface area contributed by atoms with Crippen LogP contribution in [0.1, 0.15) is 22.8 Å². The Morgan fingerprint density at radius 2 is 1.19 bits per heavy atom. The highest BCUT2D eigenvalue weighted by molar-refractivity contribution is 5.85. The number of ether oxygens (including phenoxy) is 1. The fourth-order valence-electron chi connectivity index (χ4n) is 2.74. The molecular weight excluding hydrogens is 346 g/mol. The maximum absolute atomic E-state index is 12.6. The van der Waals surface area contributed by atoms with Crippen LogP contribution in [-0.2, 0) is 16.0 Å². The second kappa shape index (κ2) is 9.76. The summed E-state index contributed by atoms with van der Waals surface area (Å²) in [7, 11) is 0. The maximum Gasteiger partial charge on any atom is 0.324 e. The van der Waals surface area contributed by atoms with Crippen LogP contribution < -0.4 is 5.73 Å². The normalized spacial score (nSPS) is 11.5. The molecule has 3 aromatic rings. The van der Waals surface area contributed by atoms with Crippen molar-refractivity contribution >= 4 is 18.4 Å². The Morgan fingerprint density at radius 1 is 0.769 bits per heavy atom. The van der Waals surface area contributed by atoms with Crippen molar-refractivity contribution in [3.63, 3.8) is 0 Å². The minimum absolute atomic E-state index is 0. The fourth-order valence-corrected chi connectivity index (χ4v) is 2.74. The topological polar surface area (TPSA) is 52.3 Å². The molecule has 4 heteroatoms. The van der Waals surface area contributed by atoms with Crippen molar-refractivity contribution in [1.82, 2.24) is 0 Å². The van der Waals surface area contributed by atoms with Crippen molar-refractivity contribution in [2.45, 2.75) is 18.6 Å². The zero-order chi connectivity index (χ0) is 17.5. The standard InChI is InChI=1S/C22H21NO2.ClH/c23-20(16-17-10-4-1-5-11-17)22(24)25-21(18-12-6-2-7-13-18)19-14-8-3-9-15-19;/h1-15,20-21H,16,23H2;1H. The third-order valence-electron chi connectivity index (χ3n) is 4.04. The molecule has 3 nitrogen and oxygen atoms in total. The Balaban J connectivity index is 0.00000243. The van der Waals surface area contributed by atoms with Gasteiger partial charge in [0.05, 0.1) is 0 Å². The van der Waals surface area contributed by atoms with Crippen molar-refractivity contribution in [1.29, 1.82) is 0 Å². The number of carbonyl (C=O) groups is 1. The van der Waals surface area contributed by atoms with E-state index in [1.807, 2.05) is 91.0 Å². The van der Waals surface area contributed by atoms with Crippen LogP contribution >= 0.6 is 12.4 Å². The zero-order valence-corrected chi connectivity index (χ0v) is 15.1. The number of hydrogen-bond acceptors (Lipinski definition) is 3. The molecule has 0 saturated heterocycles. The summed E-state index contributed by atoms with van der Waals surface area (Å²) in [5, 5.41) is 0. The average molecular weight is 368 g/mol. The van der Waals surface area contributed by atoms with Gasteiger partial charge in [-0.3, -0.25) is 4.79 Å². The highest BCUT2D eigenvalue weighted by Gasteiger charge is 2.23. The van der Waals surface area contributed by atoms with E-state index in [0.29, 0.717) is 6.42 Å². The Labute approximate surface area is 160 Å². The van der Waals surface area contributed by atoms with E-state index in [1.165, 1.54) is 0 Å². The van der Waals surface area contributed by atoms with Gasteiger partial charge in [-0.05, 0) is 23.1 Å². The quantitative estimate of drug-likeness (QED) is 0.660. The van der Waals surface area contributed by atoms with Gasteiger partial charge in [-0.1, -0.05) is 91.0 Å². The van der Waals surface area contributed by atoms with E-state index in [2.05, 4.69) is 0 Å². The monoisotopic (exact) mass is 367 g/mol. The summed E-state index contributed by atoms with van der Waals surface area (Å²) in [4.78, 5) is 12.6. The molecule has 0 amide bonds. The van der Waals surface area contributed by atoms with Gasteiger partial charge in [0.25, 0.3) is 0 Å². The molecule has 0 radical (unpaired) electrons. The van der Waals surface area contributed by atoms with Gasteiger partial charge >= 0.3 is 5.97 Å². The second-order valence-corrected chi connectivity index (χ2v) is 5.93. The minimum atomic E-state index is -0.697. The Morgan fingerprint density at radius 3 is 1.65 bits per heavy atom. The van der Waals surface area contributed by atoms with E-state index in [4.69, 9.17) is 10.5 Å². The lowest BCUT2D eigenvalue weighted by molar-refractivity contribution is -0.149. The van der Waals surface area contributed by atoms with E-state index < -0.39 is 18.1 Å². The number of esters is 1. The highest BCUT2D eigenvalue weighted by Crippen LogP contribution is 2.26. The molecule has 0 fully saturated rings. The average Bonchev–Trinajstić information content (AvgIpc) is 2.68. The van der Waals surface area contributed by atoms with Crippen molar-refractivity contribution in [3.8, 4) is 0 Å². The van der Waals surface area contributed by atoms with Crippen LogP contribution in [0, 0.1) is 0 Å². The van der Waals surface area contributed by atoms with Gasteiger partial charge in [-0.2, -0.15) is 0 Å².